The van der Waals surface area contributed by atoms with E-state index in [0.717, 1.165) is 30.8 Å². The standard InChI is InChI=1S/C13H17ClN2O/c1-9-7-11(14)3-4-12(9)13(17)16-6-5-15-8-10(16)2/h3-4,7,10,15H,5-6,8H2,1-2H3. The Bertz CT molecular complexity index is 433. The molecule has 1 aliphatic rings. The van der Waals surface area contributed by atoms with Gasteiger partial charge in [0.05, 0.1) is 0 Å². The maximum Gasteiger partial charge on any atom is 0.254 e. The summed E-state index contributed by atoms with van der Waals surface area (Å²) < 4.78 is 0. The van der Waals surface area contributed by atoms with E-state index in [1.54, 1.807) is 6.07 Å². The van der Waals surface area contributed by atoms with Crippen LogP contribution in [0.5, 0.6) is 0 Å². The van der Waals surface area contributed by atoms with E-state index in [1.807, 2.05) is 24.0 Å². The number of hydrogen-bond acceptors (Lipinski definition) is 2. The molecule has 0 radical (unpaired) electrons. The van der Waals surface area contributed by atoms with Crippen LogP contribution in [0.2, 0.25) is 5.02 Å². The van der Waals surface area contributed by atoms with Crippen molar-refractivity contribution in [2.24, 2.45) is 0 Å². The van der Waals surface area contributed by atoms with Crippen molar-refractivity contribution in [2.75, 3.05) is 19.6 Å². The summed E-state index contributed by atoms with van der Waals surface area (Å²) in [6.45, 7) is 6.48. The molecule has 1 heterocycles. The number of benzene rings is 1. The predicted octanol–water partition coefficient (Wildman–Crippen LogP) is 2.08. The molecule has 0 saturated carbocycles. The summed E-state index contributed by atoms with van der Waals surface area (Å²) >= 11 is 5.90. The van der Waals surface area contributed by atoms with E-state index in [2.05, 4.69) is 12.2 Å². The van der Waals surface area contributed by atoms with Crippen LogP contribution in [0, 0.1) is 6.92 Å². The lowest BCUT2D eigenvalue weighted by Crippen LogP contribution is -2.52. The molecule has 0 bridgehead atoms. The van der Waals surface area contributed by atoms with Gasteiger partial charge in [-0.05, 0) is 37.6 Å². The number of aryl methyl sites for hydroxylation is 1. The number of nitrogens with zero attached hydrogens (tertiary/aromatic N) is 1. The normalized spacial score (nSPS) is 20.4. The van der Waals surface area contributed by atoms with Crippen molar-refractivity contribution in [3.8, 4) is 0 Å². The minimum Gasteiger partial charge on any atom is -0.333 e. The van der Waals surface area contributed by atoms with Crippen LogP contribution in [0.4, 0.5) is 0 Å². The van der Waals surface area contributed by atoms with Gasteiger partial charge in [0, 0.05) is 36.3 Å². The Morgan fingerprint density at radius 1 is 1.53 bits per heavy atom. The topological polar surface area (TPSA) is 32.3 Å². The van der Waals surface area contributed by atoms with Crippen LogP contribution >= 0.6 is 11.6 Å². The fourth-order valence-corrected chi connectivity index (χ4v) is 2.39. The van der Waals surface area contributed by atoms with E-state index >= 15 is 0 Å². The molecule has 1 N–H and O–H groups in total. The first-order valence-electron chi connectivity index (χ1n) is 5.87. The van der Waals surface area contributed by atoms with Crippen molar-refractivity contribution in [1.29, 1.82) is 0 Å². The van der Waals surface area contributed by atoms with Crippen LogP contribution < -0.4 is 5.32 Å². The van der Waals surface area contributed by atoms with E-state index in [9.17, 15) is 4.79 Å². The maximum atomic E-state index is 12.4. The molecule has 92 valence electrons. The lowest BCUT2D eigenvalue weighted by molar-refractivity contribution is 0.0655. The molecule has 1 amide bonds. The zero-order chi connectivity index (χ0) is 12.4. The van der Waals surface area contributed by atoms with Gasteiger partial charge in [-0.1, -0.05) is 11.6 Å². The molecule has 0 spiro atoms. The molecular weight excluding hydrogens is 236 g/mol. The molecule has 1 aromatic rings. The largest absolute Gasteiger partial charge is 0.333 e. The van der Waals surface area contributed by atoms with Crippen LogP contribution in [0.1, 0.15) is 22.8 Å². The van der Waals surface area contributed by atoms with Gasteiger partial charge in [-0.15, -0.1) is 0 Å². The lowest BCUT2D eigenvalue weighted by atomic mass is 10.1. The van der Waals surface area contributed by atoms with Gasteiger partial charge in [-0.2, -0.15) is 0 Å². The van der Waals surface area contributed by atoms with Crippen molar-refractivity contribution >= 4 is 17.5 Å². The van der Waals surface area contributed by atoms with Crippen LogP contribution in [-0.4, -0.2) is 36.5 Å². The molecule has 3 nitrogen and oxygen atoms in total. The highest BCUT2D eigenvalue weighted by Crippen LogP contribution is 2.18. The Kier molecular flexibility index (Phi) is 3.69. The molecule has 1 unspecified atom stereocenters. The van der Waals surface area contributed by atoms with Gasteiger partial charge in [-0.25, -0.2) is 0 Å². The molecule has 1 saturated heterocycles. The highest BCUT2D eigenvalue weighted by molar-refractivity contribution is 6.30. The smallest absolute Gasteiger partial charge is 0.254 e. The van der Waals surface area contributed by atoms with Gasteiger partial charge >= 0.3 is 0 Å². The van der Waals surface area contributed by atoms with Crippen molar-refractivity contribution in [3.05, 3.63) is 34.3 Å². The summed E-state index contributed by atoms with van der Waals surface area (Å²) in [6, 6.07) is 5.66. The van der Waals surface area contributed by atoms with Gasteiger partial charge < -0.3 is 10.2 Å². The van der Waals surface area contributed by atoms with Gasteiger partial charge in [0.1, 0.15) is 0 Å². The molecule has 0 aromatic heterocycles. The van der Waals surface area contributed by atoms with Crippen molar-refractivity contribution in [2.45, 2.75) is 19.9 Å². The predicted molar refractivity (Wildman–Crippen MR) is 69.6 cm³/mol. The van der Waals surface area contributed by atoms with E-state index in [0.29, 0.717) is 5.02 Å². The average molecular weight is 253 g/mol. The molecule has 1 atom stereocenters. The number of piperazine rings is 1. The van der Waals surface area contributed by atoms with Gasteiger partial charge in [0.2, 0.25) is 0 Å². The minimum absolute atomic E-state index is 0.105. The summed E-state index contributed by atoms with van der Waals surface area (Å²) in [6.07, 6.45) is 0. The SMILES string of the molecule is Cc1cc(Cl)ccc1C(=O)N1CCNCC1C. The summed E-state index contributed by atoms with van der Waals surface area (Å²) in [4.78, 5) is 14.3. The van der Waals surface area contributed by atoms with Crippen LogP contribution in [-0.2, 0) is 0 Å². The summed E-state index contributed by atoms with van der Waals surface area (Å²) in [7, 11) is 0. The molecule has 0 aliphatic carbocycles. The Morgan fingerprint density at radius 2 is 2.29 bits per heavy atom. The highest BCUT2D eigenvalue weighted by Gasteiger charge is 2.24. The average Bonchev–Trinajstić information content (AvgIpc) is 2.29. The fourth-order valence-electron chi connectivity index (χ4n) is 2.16. The monoisotopic (exact) mass is 252 g/mol. The van der Waals surface area contributed by atoms with E-state index in [4.69, 9.17) is 11.6 Å². The molecule has 1 fully saturated rings. The number of nitrogens with one attached hydrogen (secondary N) is 1. The van der Waals surface area contributed by atoms with E-state index in [1.165, 1.54) is 0 Å². The highest BCUT2D eigenvalue weighted by atomic mass is 35.5. The number of halogens is 1. The second kappa shape index (κ2) is 5.07. The molecule has 4 heteroatoms. The third kappa shape index (κ3) is 2.61. The molecular formula is C13H17ClN2O. The van der Waals surface area contributed by atoms with E-state index in [-0.39, 0.29) is 11.9 Å². The summed E-state index contributed by atoms with van der Waals surface area (Å²) in [5.41, 5.74) is 1.69. The van der Waals surface area contributed by atoms with Crippen molar-refractivity contribution in [3.63, 3.8) is 0 Å². The van der Waals surface area contributed by atoms with Gasteiger partial charge in [-0.3, -0.25) is 4.79 Å². The lowest BCUT2D eigenvalue weighted by Gasteiger charge is -2.34. The zero-order valence-electron chi connectivity index (χ0n) is 10.2. The van der Waals surface area contributed by atoms with Crippen molar-refractivity contribution in [1.82, 2.24) is 10.2 Å². The zero-order valence-corrected chi connectivity index (χ0v) is 10.9. The second-order valence-corrected chi connectivity index (χ2v) is 4.95. The molecule has 1 aromatic carbocycles. The van der Waals surface area contributed by atoms with Crippen molar-refractivity contribution < 1.29 is 4.79 Å². The van der Waals surface area contributed by atoms with Gasteiger partial charge in [0.25, 0.3) is 5.91 Å². The van der Waals surface area contributed by atoms with Crippen LogP contribution in [0.15, 0.2) is 18.2 Å². The van der Waals surface area contributed by atoms with Crippen LogP contribution in [0.25, 0.3) is 0 Å². The number of rotatable bonds is 1. The first-order valence-corrected chi connectivity index (χ1v) is 6.25. The van der Waals surface area contributed by atoms with Gasteiger partial charge in [0.15, 0.2) is 0 Å². The van der Waals surface area contributed by atoms with E-state index < -0.39 is 0 Å². The molecule has 17 heavy (non-hydrogen) atoms. The number of amides is 1. The number of carbonyl (C=O) groups excluding carboxylic acids is 1. The Balaban J connectivity index is 2.24. The fraction of sp³-hybridized carbons (Fsp3) is 0.462. The Labute approximate surface area is 107 Å². The van der Waals surface area contributed by atoms with Crippen LogP contribution in [0.3, 0.4) is 0 Å². The maximum absolute atomic E-state index is 12.4. The minimum atomic E-state index is 0.105. The second-order valence-electron chi connectivity index (χ2n) is 4.51. The summed E-state index contributed by atoms with van der Waals surface area (Å²) in [5, 5.41) is 3.95. The third-order valence-corrected chi connectivity index (χ3v) is 3.42. The quantitative estimate of drug-likeness (QED) is 0.830. The number of hydrogen-bond donors (Lipinski definition) is 1. The Morgan fingerprint density at radius 3 is 2.94 bits per heavy atom. The number of carbonyl (C=O) groups is 1. The third-order valence-electron chi connectivity index (χ3n) is 3.18. The summed E-state index contributed by atoms with van der Waals surface area (Å²) in [5.74, 6) is 0.105. The molecule has 2 rings (SSSR count). The molecule has 1 aliphatic heterocycles. The first kappa shape index (κ1) is 12.4. The Hall–Kier alpha value is -1.06. The first-order chi connectivity index (χ1) is 8.09.